The first-order chi connectivity index (χ1) is 18.6. The highest BCUT2D eigenvalue weighted by atomic mass is 19.1. The smallest absolute Gasteiger partial charge is 0.407 e. The van der Waals surface area contributed by atoms with Crippen LogP contribution >= 0.6 is 0 Å². The Labute approximate surface area is 229 Å². The number of carbonyl (C=O) groups is 4. The number of hydrogen-bond acceptors (Lipinski definition) is 6. The van der Waals surface area contributed by atoms with Gasteiger partial charge in [-0.05, 0) is 49.7 Å². The van der Waals surface area contributed by atoms with Crippen LogP contribution in [0.1, 0.15) is 63.0 Å². The highest BCUT2D eigenvalue weighted by Crippen LogP contribution is 2.40. The molecule has 0 radical (unpaired) electrons. The zero-order chi connectivity index (χ0) is 28.9. The highest BCUT2D eigenvalue weighted by Gasteiger charge is 2.41. The summed E-state index contributed by atoms with van der Waals surface area (Å²) in [6.45, 7) is 3.21. The van der Waals surface area contributed by atoms with Gasteiger partial charge in [0.1, 0.15) is 11.9 Å². The summed E-state index contributed by atoms with van der Waals surface area (Å²) in [6.07, 6.45) is 10.9. The predicted octanol–water partition coefficient (Wildman–Crippen LogP) is 3.17. The number of nitrogens with zero attached hydrogens (tertiary/aromatic N) is 2. The number of nitrogens with two attached hydrogens (primary N) is 2. The van der Waals surface area contributed by atoms with Gasteiger partial charge in [0.2, 0.25) is 11.8 Å². The third-order valence-electron chi connectivity index (χ3n) is 6.97. The molecule has 3 unspecified atom stereocenters. The number of ether oxygens (including phenoxy) is 1. The van der Waals surface area contributed by atoms with Gasteiger partial charge in [-0.25, -0.2) is 9.18 Å². The zero-order valence-corrected chi connectivity index (χ0v) is 22.8. The monoisotopic (exact) mass is 548 g/mol. The molecule has 1 saturated carbocycles. The highest BCUT2D eigenvalue weighted by molar-refractivity contribution is 5.87. The van der Waals surface area contributed by atoms with E-state index in [0.29, 0.717) is 31.0 Å². The Balaban J connectivity index is 0.000000206. The number of halogens is 1. The maximum absolute atomic E-state index is 13.1. The van der Waals surface area contributed by atoms with E-state index in [9.17, 15) is 23.6 Å². The van der Waals surface area contributed by atoms with Crippen molar-refractivity contribution in [3.8, 4) is 0 Å². The third-order valence-corrected chi connectivity index (χ3v) is 6.97. The molecule has 3 amide bonds. The van der Waals surface area contributed by atoms with Crippen LogP contribution in [0.5, 0.6) is 0 Å². The van der Waals surface area contributed by atoms with E-state index in [0.717, 1.165) is 24.8 Å². The minimum Gasteiger partial charge on any atom is -0.469 e. The molecule has 0 aromatic heterocycles. The fourth-order valence-electron chi connectivity index (χ4n) is 4.63. The Kier molecular flexibility index (Phi) is 12.9. The molecule has 2 fully saturated rings. The number of esters is 1. The SMILES string of the molecule is CCCCC/C=C\C1CC1C(=O)OC.NCC(=O)N1CCCC1C(N)=O.O=C(O)N1Cc2cccc(F)c2C1. The van der Waals surface area contributed by atoms with Crippen molar-refractivity contribution in [3.05, 3.63) is 47.3 Å². The molecular formula is C28H41FN4O6. The first-order valence-corrected chi connectivity index (χ1v) is 13.4. The van der Waals surface area contributed by atoms with Crippen molar-refractivity contribution >= 4 is 23.9 Å². The number of carbonyl (C=O) groups excluding carboxylic acids is 3. The summed E-state index contributed by atoms with van der Waals surface area (Å²) in [6, 6.07) is 4.27. The van der Waals surface area contributed by atoms with E-state index in [1.54, 1.807) is 12.1 Å². The van der Waals surface area contributed by atoms with E-state index >= 15 is 0 Å². The van der Waals surface area contributed by atoms with Crippen molar-refractivity contribution in [1.82, 2.24) is 9.80 Å². The average molecular weight is 549 g/mol. The lowest BCUT2D eigenvalue weighted by Gasteiger charge is -2.20. The van der Waals surface area contributed by atoms with Crippen molar-refractivity contribution in [1.29, 1.82) is 0 Å². The number of amides is 3. The Morgan fingerprint density at radius 1 is 1.21 bits per heavy atom. The van der Waals surface area contributed by atoms with Crippen LogP contribution in [-0.2, 0) is 32.2 Å². The maximum atomic E-state index is 13.1. The number of likely N-dealkylation sites (tertiary alicyclic amines) is 1. The van der Waals surface area contributed by atoms with E-state index in [2.05, 4.69) is 23.8 Å². The van der Waals surface area contributed by atoms with Gasteiger partial charge in [-0.15, -0.1) is 0 Å². The second-order valence-electron chi connectivity index (χ2n) is 9.82. The second-order valence-corrected chi connectivity index (χ2v) is 9.82. The van der Waals surface area contributed by atoms with Crippen LogP contribution in [0.3, 0.4) is 0 Å². The number of unbranched alkanes of at least 4 members (excludes halogenated alkanes) is 3. The number of carboxylic acid groups (broad SMARTS) is 1. The molecule has 39 heavy (non-hydrogen) atoms. The van der Waals surface area contributed by atoms with Crippen molar-refractivity contribution in [2.75, 3.05) is 20.2 Å². The summed E-state index contributed by atoms with van der Waals surface area (Å²) in [4.78, 5) is 46.2. The summed E-state index contributed by atoms with van der Waals surface area (Å²) in [7, 11) is 1.46. The van der Waals surface area contributed by atoms with Crippen molar-refractivity contribution in [3.63, 3.8) is 0 Å². The van der Waals surface area contributed by atoms with Gasteiger partial charge in [0.05, 0.1) is 26.1 Å². The fourth-order valence-corrected chi connectivity index (χ4v) is 4.63. The van der Waals surface area contributed by atoms with E-state index in [4.69, 9.17) is 16.6 Å². The molecule has 216 valence electrons. The summed E-state index contributed by atoms with van der Waals surface area (Å²) in [5.41, 5.74) is 11.5. The van der Waals surface area contributed by atoms with E-state index in [-0.39, 0.29) is 36.7 Å². The number of hydrogen-bond donors (Lipinski definition) is 3. The van der Waals surface area contributed by atoms with E-state index in [1.807, 2.05) is 0 Å². The minimum atomic E-state index is -1.00. The Bertz CT molecular complexity index is 1030. The molecule has 2 aliphatic heterocycles. The molecule has 10 nitrogen and oxygen atoms in total. The quantitative estimate of drug-likeness (QED) is 0.256. The van der Waals surface area contributed by atoms with Crippen LogP contribution in [0, 0.1) is 17.7 Å². The van der Waals surface area contributed by atoms with Gasteiger partial charge in [0.15, 0.2) is 0 Å². The molecule has 11 heteroatoms. The molecule has 0 spiro atoms. The second kappa shape index (κ2) is 15.8. The Morgan fingerprint density at radius 2 is 1.95 bits per heavy atom. The number of methoxy groups -OCH3 is 1. The molecule has 3 aliphatic rings. The molecule has 0 bridgehead atoms. The molecular weight excluding hydrogens is 507 g/mol. The van der Waals surface area contributed by atoms with Crippen LogP contribution in [-0.4, -0.2) is 65.0 Å². The molecule has 1 saturated heterocycles. The minimum absolute atomic E-state index is 0.0480. The summed E-state index contributed by atoms with van der Waals surface area (Å²) >= 11 is 0. The first kappa shape index (κ1) is 31.7. The summed E-state index contributed by atoms with van der Waals surface area (Å²) in [5, 5.41) is 8.68. The van der Waals surface area contributed by atoms with Crippen molar-refractivity contribution in [2.45, 2.75) is 71.0 Å². The van der Waals surface area contributed by atoms with E-state index < -0.39 is 18.0 Å². The standard InChI is InChI=1S/C12H20O2.C9H8FNO2.C7H13N3O2/c1-3-4-5-6-7-8-10-9-11(10)12(13)14-2;10-8-3-1-2-6-4-11(9(12)13)5-7(6)8;8-4-6(11)10-3-1-2-5(10)7(9)12/h7-8,10-11H,3-6,9H2,1-2H3;1-3H,4-5H2,(H,12,13);5H,1-4,8H2,(H2,9,12)/b8-7-;;. The van der Waals surface area contributed by atoms with Gasteiger partial charge >= 0.3 is 12.1 Å². The molecule has 1 aromatic carbocycles. The number of rotatable bonds is 8. The number of fused-ring (bicyclic) bond motifs is 1. The zero-order valence-electron chi connectivity index (χ0n) is 22.8. The van der Waals surface area contributed by atoms with Gasteiger partial charge in [0.25, 0.3) is 0 Å². The topological polar surface area (TPSA) is 156 Å². The predicted molar refractivity (Wildman–Crippen MR) is 144 cm³/mol. The average Bonchev–Trinajstić information content (AvgIpc) is 3.30. The van der Waals surface area contributed by atoms with Gasteiger partial charge in [-0.3, -0.25) is 19.3 Å². The molecule has 3 atom stereocenters. The normalized spacial score (nSPS) is 20.9. The fraction of sp³-hybridized carbons (Fsp3) is 0.571. The van der Waals surface area contributed by atoms with Crippen molar-refractivity contribution in [2.24, 2.45) is 23.3 Å². The molecule has 4 rings (SSSR count). The lowest BCUT2D eigenvalue weighted by atomic mass is 10.1. The van der Waals surface area contributed by atoms with Crippen LogP contribution in [0.2, 0.25) is 0 Å². The van der Waals surface area contributed by atoms with Crippen molar-refractivity contribution < 1.29 is 33.4 Å². The van der Waals surface area contributed by atoms with E-state index in [1.165, 1.54) is 42.2 Å². The van der Waals surface area contributed by atoms with Crippen LogP contribution in [0.4, 0.5) is 9.18 Å². The largest absolute Gasteiger partial charge is 0.469 e. The molecule has 5 N–H and O–H groups in total. The Hall–Kier alpha value is -3.47. The summed E-state index contributed by atoms with van der Waals surface area (Å²) < 4.78 is 17.8. The van der Waals surface area contributed by atoms with Gasteiger partial charge < -0.3 is 26.2 Å². The number of allylic oxidation sites excluding steroid dienone is 2. The van der Waals surface area contributed by atoms with Crippen LogP contribution in [0.15, 0.2) is 30.4 Å². The molecule has 2 heterocycles. The molecule has 1 aliphatic carbocycles. The van der Waals surface area contributed by atoms with Gasteiger partial charge in [0, 0.05) is 18.7 Å². The first-order valence-electron chi connectivity index (χ1n) is 13.4. The van der Waals surface area contributed by atoms with Gasteiger partial charge in [-0.1, -0.05) is 44.1 Å². The van der Waals surface area contributed by atoms with Crippen LogP contribution in [0.25, 0.3) is 0 Å². The number of primary amides is 1. The maximum Gasteiger partial charge on any atom is 0.407 e. The lowest BCUT2D eigenvalue weighted by Crippen LogP contribution is -2.45. The van der Waals surface area contributed by atoms with Crippen LogP contribution < -0.4 is 11.5 Å². The van der Waals surface area contributed by atoms with Gasteiger partial charge in [-0.2, -0.15) is 0 Å². The number of benzene rings is 1. The molecule has 1 aromatic rings. The third kappa shape index (κ3) is 9.65. The summed E-state index contributed by atoms with van der Waals surface area (Å²) in [5.74, 6) is -0.383. The lowest BCUT2D eigenvalue weighted by molar-refractivity contribution is -0.142. The Morgan fingerprint density at radius 3 is 2.54 bits per heavy atom.